The van der Waals surface area contributed by atoms with Gasteiger partial charge in [-0.05, 0) is 62.5 Å². The second kappa shape index (κ2) is 15.3. The molecule has 0 unspecified atom stereocenters. The van der Waals surface area contributed by atoms with Crippen molar-refractivity contribution in [2.24, 2.45) is 5.92 Å². The molecular weight excluding hydrogens is 412 g/mol. The van der Waals surface area contributed by atoms with Gasteiger partial charge < -0.3 is 0 Å². The number of rotatable bonds is 15. The van der Waals surface area contributed by atoms with Crippen molar-refractivity contribution >= 4 is 0 Å². The van der Waals surface area contributed by atoms with E-state index in [0.29, 0.717) is 5.92 Å². The van der Waals surface area contributed by atoms with Gasteiger partial charge in [0.1, 0.15) is 5.82 Å². The van der Waals surface area contributed by atoms with E-state index in [0.717, 1.165) is 17.4 Å². The number of benzene rings is 1. The summed E-state index contributed by atoms with van der Waals surface area (Å²) < 4.78 is 0. The third kappa shape index (κ3) is 8.82. The van der Waals surface area contributed by atoms with E-state index in [1.165, 1.54) is 126 Å². The van der Waals surface area contributed by atoms with Gasteiger partial charge in [-0.15, -0.1) is 0 Å². The van der Waals surface area contributed by atoms with Gasteiger partial charge in [-0.2, -0.15) is 0 Å². The van der Waals surface area contributed by atoms with Gasteiger partial charge in [0.2, 0.25) is 0 Å². The molecule has 1 aliphatic rings. The first-order chi connectivity index (χ1) is 16.7. The number of unbranched alkanes of at least 4 members (excludes halogenated alkanes) is 9. The summed E-state index contributed by atoms with van der Waals surface area (Å²) >= 11 is 0. The minimum Gasteiger partial charge on any atom is -0.240 e. The second-order valence-electron chi connectivity index (χ2n) is 10.9. The molecule has 2 nitrogen and oxygen atoms in total. The molecule has 34 heavy (non-hydrogen) atoms. The molecule has 0 radical (unpaired) electrons. The molecule has 1 aromatic carbocycles. The zero-order valence-corrected chi connectivity index (χ0v) is 22.5. The highest BCUT2D eigenvalue weighted by molar-refractivity contribution is 5.65. The van der Waals surface area contributed by atoms with E-state index in [1.807, 2.05) is 0 Å². The zero-order valence-electron chi connectivity index (χ0n) is 22.5. The third-order valence-corrected chi connectivity index (χ3v) is 8.01. The summed E-state index contributed by atoms with van der Waals surface area (Å²) in [7, 11) is 0. The summed E-state index contributed by atoms with van der Waals surface area (Å²) in [6.45, 7) is 6.74. The molecule has 0 atom stereocenters. The van der Waals surface area contributed by atoms with Crippen LogP contribution in [0, 0.1) is 12.8 Å². The van der Waals surface area contributed by atoms with Crippen molar-refractivity contribution in [3.63, 3.8) is 0 Å². The number of nitrogens with zero attached hydrogens (tertiary/aromatic N) is 2. The summed E-state index contributed by atoms with van der Waals surface area (Å²) in [6.07, 6.45) is 25.2. The van der Waals surface area contributed by atoms with Gasteiger partial charge in [-0.25, -0.2) is 9.97 Å². The summed E-state index contributed by atoms with van der Waals surface area (Å²) in [5, 5.41) is 0. The lowest BCUT2D eigenvalue weighted by Gasteiger charge is -2.28. The molecule has 0 saturated heterocycles. The van der Waals surface area contributed by atoms with Crippen molar-refractivity contribution in [2.45, 2.75) is 136 Å². The maximum absolute atomic E-state index is 4.98. The van der Waals surface area contributed by atoms with Crippen LogP contribution in [-0.4, -0.2) is 9.97 Å². The SMILES string of the molecule is CCCCCCCCCCc1ccc(-c2cnc([C@H]3CC[C@H](CCCCC)CC3)nc2C)cc1. The third-order valence-electron chi connectivity index (χ3n) is 8.01. The fourth-order valence-corrected chi connectivity index (χ4v) is 5.67. The van der Waals surface area contributed by atoms with Crippen molar-refractivity contribution in [1.29, 1.82) is 0 Å². The molecule has 1 aliphatic carbocycles. The molecule has 188 valence electrons. The number of hydrogen-bond acceptors (Lipinski definition) is 2. The first-order valence-electron chi connectivity index (χ1n) is 14.6. The van der Waals surface area contributed by atoms with Crippen molar-refractivity contribution in [1.82, 2.24) is 9.97 Å². The van der Waals surface area contributed by atoms with Crippen LogP contribution >= 0.6 is 0 Å². The molecule has 3 rings (SSSR count). The van der Waals surface area contributed by atoms with Crippen molar-refractivity contribution < 1.29 is 0 Å². The minimum atomic E-state index is 0.559. The Morgan fingerprint density at radius 2 is 1.35 bits per heavy atom. The van der Waals surface area contributed by atoms with E-state index in [4.69, 9.17) is 9.97 Å². The maximum Gasteiger partial charge on any atom is 0.131 e. The van der Waals surface area contributed by atoms with Crippen LogP contribution in [0.4, 0.5) is 0 Å². The predicted octanol–water partition coefficient (Wildman–Crippen LogP) is 9.99. The number of aromatic nitrogens is 2. The lowest BCUT2D eigenvalue weighted by atomic mass is 9.79. The van der Waals surface area contributed by atoms with Gasteiger partial charge in [0.25, 0.3) is 0 Å². The van der Waals surface area contributed by atoms with Crippen LogP contribution in [0.2, 0.25) is 0 Å². The van der Waals surface area contributed by atoms with E-state index in [9.17, 15) is 0 Å². The normalized spacial score (nSPS) is 18.3. The van der Waals surface area contributed by atoms with Gasteiger partial charge in [-0.3, -0.25) is 0 Å². The van der Waals surface area contributed by atoms with Crippen LogP contribution < -0.4 is 0 Å². The Hall–Kier alpha value is -1.70. The molecule has 0 bridgehead atoms. The Labute approximate surface area is 210 Å². The molecule has 0 amide bonds. The molecule has 0 spiro atoms. The summed E-state index contributed by atoms with van der Waals surface area (Å²) in [4.78, 5) is 9.83. The molecule has 2 heteroatoms. The first-order valence-corrected chi connectivity index (χ1v) is 14.6. The van der Waals surface area contributed by atoms with Gasteiger partial charge in [0.05, 0.1) is 0 Å². The summed E-state index contributed by atoms with van der Waals surface area (Å²) in [5.74, 6) is 2.58. The molecule has 1 fully saturated rings. The van der Waals surface area contributed by atoms with Crippen LogP contribution in [0.15, 0.2) is 30.5 Å². The monoisotopic (exact) mass is 462 g/mol. The van der Waals surface area contributed by atoms with E-state index in [2.05, 4.69) is 51.2 Å². The van der Waals surface area contributed by atoms with Gasteiger partial charge in [0.15, 0.2) is 0 Å². The van der Waals surface area contributed by atoms with E-state index < -0.39 is 0 Å². The average Bonchev–Trinajstić information content (AvgIpc) is 2.87. The molecule has 0 aliphatic heterocycles. The van der Waals surface area contributed by atoms with Gasteiger partial charge >= 0.3 is 0 Å². The van der Waals surface area contributed by atoms with E-state index in [-0.39, 0.29) is 0 Å². The van der Waals surface area contributed by atoms with Gasteiger partial charge in [-0.1, -0.05) is 109 Å². The summed E-state index contributed by atoms with van der Waals surface area (Å²) in [6, 6.07) is 9.16. The van der Waals surface area contributed by atoms with Crippen LogP contribution in [0.25, 0.3) is 11.1 Å². The van der Waals surface area contributed by atoms with E-state index >= 15 is 0 Å². The van der Waals surface area contributed by atoms with Crippen LogP contribution in [0.1, 0.15) is 140 Å². The Bertz CT molecular complexity index is 802. The van der Waals surface area contributed by atoms with E-state index in [1.54, 1.807) is 0 Å². The predicted molar refractivity (Wildman–Crippen MR) is 147 cm³/mol. The largest absolute Gasteiger partial charge is 0.240 e. The van der Waals surface area contributed by atoms with Crippen LogP contribution in [-0.2, 0) is 6.42 Å². The molecule has 1 saturated carbocycles. The molecule has 2 aromatic rings. The Morgan fingerprint density at radius 1 is 0.735 bits per heavy atom. The number of hydrogen-bond donors (Lipinski definition) is 0. The fraction of sp³-hybridized carbons (Fsp3) is 0.688. The molecule has 0 N–H and O–H groups in total. The smallest absolute Gasteiger partial charge is 0.131 e. The zero-order chi connectivity index (χ0) is 24.0. The van der Waals surface area contributed by atoms with Crippen molar-refractivity contribution in [2.75, 3.05) is 0 Å². The standard InChI is InChI=1S/C32H50N2/c1-4-6-8-9-10-11-12-14-16-28-17-21-29(22-18-28)31-25-33-32(34-26(31)3)30-23-19-27(20-24-30)15-13-7-5-2/h17-18,21-22,25,27,30H,4-16,19-20,23-24H2,1-3H3/t27-,30-. The quantitative estimate of drug-likeness (QED) is 0.246. The highest BCUT2D eigenvalue weighted by atomic mass is 14.9. The van der Waals surface area contributed by atoms with Gasteiger partial charge in [0, 0.05) is 23.4 Å². The van der Waals surface area contributed by atoms with Crippen molar-refractivity contribution in [3.8, 4) is 11.1 Å². The number of aryl methyl sites for hydroxylation is 2. The second-order valence-corrected chi connectivity index (χ2v) is 10.9. The van der Waals surface area contributed by atoms with Crippen molar-refractivity contribution in [3.05, 3.63) is 47.5 Å². The average molecular weight is 463 g/mol. The summed E-state index contributed by atoms with van der Waals surface area (Å²) in [5.41, 5.74) is 5.03. The Balaban J connectivity index is 1.44. The highest BCUT2D eigenvalue weighted by Crippen LogP contribution is 2.37. The first kappa shape index (κ1) is 26.9. The lowest BCUT2D eigenvalue weighted by Crippen LogP contribution is -2.16. The molecule has 1 aromatic heterocycles. The van der Waals surface area contributed by atoms with Crippen LogP contribution in [0.3, 0.4) is 0 Å². The topological polar surface area (TPSA) is 25.8 Å². The Kier molecular flexibility index (Phi) is 12.1. The maximum atomic E-state index is 4.98. The Morgan fingerprint density at radius 3 is 2.00 bits per heavy atom. The fourth-order valence-electron chi connectivity index (χ4n) is 5.67. The minimum absolute atomic E-state index is 0.559. The van der Waals surface area contributed by atoms with Crippen LogP contribution in [0.5, 0.6) is 0 Å². The highest BCUT2D eigenvalue weighted by Gasteiger charge is 2.24. The lowest BCUT2D eigenvalue weighted by molar-refractivity contribution is 0.297. The molecular formula is C32H50N2. The molecule has 1 heterocycles.